The number of aromatic nitrogens is 1. The smallest absolute Gasteiger partial charge is 0.267 e. The fourth-order valence-electron chi connectivity index (χ4n) is 3.22. The van der Waals surface area contributed by atoms with E-state index < -0.39 is 23.4 Å². The van der Waals surface area contributed by atoms with Crippen LogP contribution in [0.1, 0.15) is 40.4 Å². The molecule has 0 unspecified atom stereocenters. The summed E-state index contributed by atoms with van der Waals surface area (Å²) in [4.78, 5) is 36.6. The number of rotatable bonds is 6. The Kier molecular flexibility index (Phi) is 5.49. The summed E-state index contributed by atoms with van der Waals surface area (Å²) < 4.78 is 34.0. The molecular formula is C20H19F2N3O4. The predicted octanol–water partition coefficient (Wildman–Crippen LogP) is 3.28. The van der Waals surface area contributed by atoms with E-state index in [0.717, 1.165) is 12.3 Å². The molecule has 0 fully saturated rings. The van der Waals surface area contributed by atoms with Crippen LogP contribution in [0.2, 0.25) is 0 Å². The molecule has 0 saturated carbocycles. The highest BCUT2D eigenvalue weighted by atomic mass is 19.1. The minimum Gasteiger partial charge on any atom is -0.460 e. The van der Waals surface area contributed by atoms with E-state index in [-0.39, 0.29) is 34.6 Å². The number of nitrogens with zero attached hydrogens (tertiary/aromatic N) is 1. The van der Waals surface area contributed by atoms with Gasteiger partial charge in [0.15, 0.2) is 11.4 Å². The van der Waals surface area contributed by atoms with Gasteiger partial charge in [-0.05, 0) is 25.5 Å². The Balaban J connectivity index is 2.04. The van der Waals surface area contributed by atoms with Crippen LogP contribution in [0.5, 0.6) is 0 Å². The lowest BCUT2D eigenvalue weighted by Gasteiger charge is -2.11. The molecule has 0 atom stereocenters. The second-order valence-electron chi connectivity index (χ2n) is 6.48. The first-order valence-electron chi connectivity index (χ1n) is 8.88. The van der Waals surface area contributed by atoms with Gasteiger partial charge in [-0.2, -0.15) is 0 Å². The number of halogens is 2. The molecule has 3 aromatic rings. The molecule has 2 amide bonds. The zero-order chi connectivity index (χ0) is 21.3. The molecular weight excluding hydrogens is 384 g/mol. The summed E-state index contributed by atoms with van der Waals surface area (Å²) in [5, 5.41) is 5.14. The van der Waals surface area contributed by atoms with Gasteiger partial charge in [-0.25, -0.2) is 8.78 Å². The lowest BCUT2D eigenvalue weighted by molar-refractivity contribution is -0.117. The van der Waals surface area contributed by atoms with Crippen molar-refractivity contribution >= 4 is 34.3 Å². The van der Waals surface area contributed by atoms with Crippen LogP contribution in [-0.2, 0) is 17.8 Å². The summed E-state index contributed by atoms with van der Waals surface area (Å²) in [7, 11) is 1.46. The van der Waals surface area contributed by atoms with Crippen molar-refractivity contribution in [2.75, 3.05) is 12.4 Å². The second-order valence-corrected chi connectivity index (χ2v) is 6.48. The van der Waals surface area contributed by atoms with E-state index in [1.165, 1.54) is 24.6 Å². The van der Waals surface area contributed by atoms with E-state index in [0.29, 0.717) is 23.9 Å². The minimum absolute atomic E-state index is 0.00672. The van der Waals surface area contributed by atoms with Crippen molar-refractivity contribution in [3.63, 3.8) is 0 Å². The van der Waals surface area contributed by atoms with Crippen molar-refractivity contribution in [2.24, 2.45) is 0 Å². The maximum atomic E-state index is 13.8. The van der Waals surface area contributed by atoms with Gasteiger partial charge in [0.05, 0.1) is 17.8 Å². The number of Topliss-reactive ketones (excluding diaryl/α,β-unsaturated/α-hetero) is 1. The Morgan fingerprint density at radius 3 is 2.48 bits per heavy atom. The van der Waals surface area contributed by atoms with Crippen molar-refractivity contribution < 1.29 is 27.6 Å². The van der Waals surface area contributed by atoms with E-state index in [9.17, 15) is 23.2 Å². The lowest BCUT2D eigenvalue weighted by Crippen LogP contribution is -2.23. The number of furan rings is 1. The van der Waals surface area contributed by atoms with Crippen LogP contribution in [0.25, 0.3) is 11.0 Å². The van der Waals surface area contributed by atoms with E-state index in [4.69, 9.17) is 4.42 Å². The molecule has 152 valence electrons. The van der Waals surface area contributed by atoms with Crippen molar-refractivity contribution in [3.05, 3.63) is 53.0 Å². The van der Waals surface area contributed by atoms with Crippen LogP contribution in [0.15, 0.2) is 28.9 Å². The molecule has 0 saturated heterocycles. The van der Waals surface area contributed by atoms with Crippen LogP contribution in [0, 0.1) is 11.6 Å². The predicted molar refractivity (Wildman–Crippen MR) is 102 cm³/mol. The maximum Gasteiger partial charge on any atom is 0.267 e. The second kappa shape index (κ2) is 7.86. The number of carbonyl (C=O) groups excluding carboxylic acids is 3. The quantitative estimate of drug-likeness (QED) is 0.661. The van der Waals surface area contributed by atoms with Gasteiger partial charge in [0.25, 0.3) is 11.8 Å². The monoisotopic (exact) mass is 403 g/mol. The van der Waals surface area contributed by atoms with Crippen LogP contribution < -0.4 is 10.6 Å². The van der Waals surface area contributed by atoms with E-state index in [2.05, 4.69) is 10.6 Å². The highest BCUT2D eigenvalue weighted by Gasteiger charge is 2.23. The molecule has 29 heavy (non-hydrogen) atoms. The average Bonchev–Trinajstić information content (AvgIpc) is 3.22. The van der Waals surface area contributed by atoms with Gasteiger partial charge in [0.2, 0.25) is 0 Å². The molecule has 7 nitrogen and oxygen atoms in total. The highest BCUT2D eigenvalue weighted by molar-refractivity contribution is 6.13. The van der Waals surface area contributed by atoms with Gasteiger partial charge in [-0.1, -0.05) is 6.92 Å². The number of amides is 2. The van der Waals surface area contributed by atoms with Crippen LogP contribution in [-0.4, -0.2) is 29.2 Å². The fraction of sp³-hybridized carbons (Fsp3) is 0.250. The van der Waals surface area contributed by atoms with Gasteiger partial charge in [-0.3, -0.25) is 14.4 Å². The van der Waals surface area contributed by atoms with E-state index >= 15 is 0 Å². The number of nitrogens with one attached hydrogen (secondary N) is 2. The summed E-state index contributed by atoms with van der Waals surface area (Å²) in [6, 6.07) is 3.14. The van der Waals surface area contributed by atoms with Crippen molar-refractivity contribution in [2.45, 2.75) is 26.8 Å². The molecule has 9 heteroatoms. The summed E-state index contributed by atoms with van der Waals surface area (Å²) in [6.45, 7) is 3.17. The molecule has 0 radical (unpaired) electrons. The Hall–Kier alpha value is -3.49. The first-order chi connectivity index (χ1) is 13.8. The molecule has 0 aliphatic heterocycles. The summed E-state index contributed by atoms with van der Waals surface area (Å²) in [5.74, 6) is -2.99. The Morgan fingerprint density at radius 1 is 1.14 bits per heavy atom. The summed E-state index contributed by atoms with van der Waals surface area (Å²) in [6.07, 6.45) is 1.47. The standard InChI is InChI=1S/C20H19F2N3O4/c1-4-16-15(7-17(20(28)23-3)25(16)8-10(2)26)24-19(27)13-9-29-18-12(13)5-11(21)6-14(18)22/h5-7,9H,4,8H2,1-3H3,(H,23,28)(H,24,27). The van der Waals surface area contributed by atoms with Crippen LogP contribution in [0.4, 0.5) is 14.5 Å². The number of carbonyl (C=O) groups is 3. The fourth-order valence-corrected chi connectivity index (χ4v) is 3.22. The average molecular weight is 403 g/mol. The Labute approximate surface area is 164 Å². The molecule has 0 bridgehead atoms. The van der Waals surface area contributed by atoms with Gasteiger partial charge < -0.3 is 19.6 Å². The third-order valence-electron chi connectivity index (χ3n) is 4.47. The normalized spacial score (nSPS) is 10.9. The third-order valence-corrected chi connectivity index (χ3v) is 4.47. The number of anilines is 1. The first kappa shape index (κ1) is 20.2. The first-order valence-corrected chi connectivity index (χ1v) is 8.88. The number of hydrogen-bond acceptors (Lipinski definition) is 4. The molecule has 0 spiro atoms. The van der Waals surface area contributed by atoms with Crippen molar-refractivity contribution in [1.29, 1.82) is 0 Å². The molecule has 0 aliphatic carbocycles. The highest BCUT2D eigenvalue weighted by Crippen LogP contribution is 2.28. The molecule has 2 N–H and O–H groups in total. The third kappa shape index (κ3) is 3.75. The Morgan fingerprint density at radius 2 is 1.86 bits per heavy atom. The summed E-state index contributed by atoms with van der Waals surface area (Å²) >= 11 is 0. The maximum absolute atomic E-state index is 13.8. The number of ketones is 1. The summed E-state index contributed by atoms with van der Waals surface area (Å²) in [5.41, 5.74) is 0.818. The Bertz CT molecular complexity index is 1130. The van der Waals surface area contributed by atoms with Crippen LogP contribution in [0.3, 0.4) is 0 Å². The number of benzene rings is 1. The molecule has 0 aliphatic rings. The number of hydrogen-bond donors (Lipinski definition) is 2. The van der Waals surface area contributed by atoms with Gasteiger partial charge in [-0.15, -0.1) is 0 Å². The van der Waals surface area contributed by atoms with Crippen LogP contribution >= 0.6 is 0 Å². The SMILES string of the molecule is CCc1c(NC(=O)c2coc3c(F)cc(F)cc23)cc(C(=O)NC)n1CC(C)=O. The molecule has 2 aromatic heterocycles. The largest absolute Gasteiger partial charge is 0.460 e. The topological polar surface area (TPSA) is 93.3 Å². The van der Waals surface area contributed by atoms with E-state index in [1.807, 2.05) is 6.92 Å². The minimum atomic E-state index is -0.914. The van der Waals surface area contributed by atoms with Crippen molar-refractivity contribution in [1.82, 2.24) is 9.88 Å². The molecule has 2 heterocycles. The van der Waals surface area contributed by atoms with Gasteiger partial charge >= 0.3 is 0 Å². The zero-order valence-electron chi connectivity index (χ0n) is 16.1. The van der Waals surface area contributed by atoms with Crippen molar-refractivity contribution in [3.8, 4) is 0 Å². The van der Waals surface area contributed by atoms with E-state index in [1.54, 1.807) is 0 Å². The number of fused-ring (bicyclic) bond motifs is 1. The molecule has 1 aromatic carbocycles. The lowest BCUT2D eigenvalue weighted by atomic mass is 10.1. The van der Waals surface area contributed by atoms with Gasteiger partial charge in [0.1, 0.15) is 23.6 Å². The zero-order valence-corrected chi connectivity index (χ0v) is 16.1. The molecule has 3 rings (SSSR count). The van der Waals surface area contributed by atoms with Gasteiger partial charge in [0, 0.05) is 24.2 Å².